The molecule has 0 atom stereocenters. The van der Waals surface area contributed by atoms with E-state index < -0.39 is 0 Å². The standard InChI is InChI=1S/C15H22BrNO3/c1-18-15(19-2)10-11-9-12(16)3-4-14(11)17-13-5-7-20-8-6-13/h3-4,9,13,15,17H,5-8,10H2,1-2H3. The molecule has 1 fully saturated rings. The zero-order chi connectivity index (χ0) is 14.4. The normalized spacial score (nSPS) is 16.6. The highest BCUT2D eigenvalue weighted by Crippen LogP contribution is 2.25. The molecule has 0 bridgehead atoms. The van der Waals surface area contributed by atoms with Crippen LogP contribution in [0.15, 0.2) is 22.7 Å². The lowest BCUT2D eigenvalue weighted by Crippen LogP contribution is -2.28. The summed E-state index contributed by atoms with van der Waals surface area (Å²) in [7, 11) is 3.33. The van der Waals surface area contributed by atoms with Crippen LogP contribution in [0.3, 0.4) is 0 Å². The highest BCUT2D eigenvalue weighted by molar-refractivity contribution is 9.10. The lowest BCUT2D eigenvalue weighted by molar-refractivity contribution is -0.100. The topological polar surface area (TPSA) is 39.7 Å². The van der Waals surface area contributed by atoms with E-state index >= 15 is 0 Å². The summed E-state index contributed by atoms with van der Waals surface area (Å²) in [6.07, 6.45) is 2.60. The van der Waals surface area contributed by atoms with Crippen LogP contribution < -0.4 is 5.32 Å². The summed E-state index contributed by atoms with van der Waals surface area (Å²) in [5.74, 6) is 0. The van der Waals surface area contributed by atoms with Gasteiger partial charge in [-0.3, -0.25) is 0 Å². The van der Waals surface area contributed by atoms with Crippen LogP contribution in [0, 0.1) is 0 Å². The van der Waals surface area contributed by atoms with Crippen molar-refractivity contribution in [2.75, 3.05) is 32.8 Å². The molecule has 2 rings (SSSR count). The Kier molecular flexibility index (Phi) is 6.29. The molecule has 20 heavy (non-hydrogen) atoms. The molecule has 5 heteroatoms. The van der Waals surface area contributed by atoms with Gasteiger partial charge in [0.25, 0.3) is 0 Å². The Morgan fingerprint density at radius 1 is 1.30 bits per heavy atom. The van der Waals surface area contributed by atoms with Crippen LogP contribution in [0.4, 0.5) is 5.69 Å². The molecule has 1 aromatic carbocycles. The third-order valence-corrected chi connectivity index (χ3v) is 4.05. The van der Waals surface area contributed by atoms with Crippen LogP contribution >= 0.6 is 15.9 Å². The fourth-order valence-corrected chi connectivity index (χ4v) is 2.78. The zero-order valence-corrected chi connectivity index (χ0v) is 13.6. The van der Waals surface area contributed by atoms with Gasteiger partial charge in [-0.1, -0.05) is 15.9 Å². The summed E-state index contributed by atoms with van der Waals surface area (Å²) in [5.41, 5.74) is 2.35. The van der Waals surface area contributed by atoms with Gasteiger partial charge in [0, 0.05) is 50.1 Å². The number of anilines is 1. The molecule has 1 N–H and O–H groups in total. The predicted molar refractivity (Wildman–Crippen MR) is 83.1 cm³/mol. The third-order valence-electron chi connectivity index (χ3n) is 3.56. The number of methoxy groups -OCH3 is 2. The second kappa shape index (κ2) is 7.98. The summed E-state index contributed by atoms with van der Waals surface area (Å²) in [6, 6.07) is 6.76. The van der Waals surface area contributed by atoms with Gasteiger partial charge in [-0.2, -0.15) is 0 Å². The highest BCUT2D eigenvalue weighted by atomic mass is 79.9. The monoisotopic (exact) mass is 343 g/mol. The van der Waals surface area contributed by atoms with E-state index in [1.54, 1.807) is 14.2 Å². The van der Waals surface area contributed by atoms with E-state index in [9.17, 15) is 0 Å². The van der Waals surface area contributed by atoms with E-state index in [1.165, 1.54) is 5.56 Å². The zero-order valence-electron chi connectivity index (χ0n) is 12.0. The average molecular weight is 344 g/mol. The van der Waals surface area contributed by atoms with Crippen molar-refractivity contribution in [1.29, 1.82) is 0 Å². The smallest absolute Gasteiger partial charge is 0.160 e. The van der Waals surface area contributed by atoms with Crippen LogP contribution in [0.1, 0.15) is 18.4 Å². The SMILES string of the molecule is COC(Cc1cc(Br)ccc1NC1CCOCC1)OC. The van der Waals surface area contributed by atoms with Crippen molar-refractivity contribution in [2.24, 2.45) is 0 Å². The molecular weight excluding hydrogens is 322 g/mol. The molecule has 1 aliphatic heterocycles. The lowest BCUT2D eigenvalue weighted by Gasteiger charge is -2.26. The molecule has 112 valence electrons. The Morgan fingerprint density at radius 2 is 2.00 bits per heavy atom. The predicted octanol–water partition coefficient (Wildman–Crippen LogP) is 3.20. The van der Waals surface area contributed by atoms with Crippen molar-refractivity contribution >= 4 is 21.6 Å². The number of ether oxygens (including phenoxy) is 3. The van der Waals surface area contributed by atoms with Crippen molar-refractivity contribution in [2.45, 2.75) is 31.6 Å². The lowest BCUT2D eigenvalue weighted by atomic mass is 10.1. The first kappa shape index (κ1) is 15.8. The molecule has 1 aliphatic rings. The molecular formula is C15H22BrNO3. The highest BCUT2D eigenvalue weighted by Gasteiger charge is 2.16. The van der Waals surface area contributed by atoms with Crippen LogP contribution in [-0.4, -0.2) is 39.8 Å². The van der Waals surface area contributed by atoms with Crippen molar-refractivity contribution in [3.05, 3.63) is 28.2 Å². The summed E-state index contributed by atoms with van der Waals surface area (Å²) >= 11 is 3.53. The molecule has 0 aliphatic carbocycles. The quantitative estimate of drug-likeness (QED) is 0.805. The number of benzene rings is 1. The van der Waals surface area contributed by atoms with E-state index in [4.69, 9.17) is 14.2 Å². The molecule has 0 spiro atoms. The van der Waals surface area contributed by atoms with E-state index in [0.717, 1.165) is 42.6 Å². The van der Waals surface area contributed by atoms with Gasteiger partial charge >= 0.3 is 0 Å². The molecule has 1 saturated heterocycles. The maximum atomic E-state index is 5.40. The van der Waals surface area contributed by atoms with Gasteiger partial charge in [-0.25, -0.2) is 0 Å². The molecule has 0 saturated carbocycles. The number of rotatable bonds is 6. The van der Waals surface area contributed by atoms with Crippen LogP contribution in [0.25, 0.3) is 0 Å². The van der Waals surface area contributed by atoms with E-state index in [2.05, 4.69) is 39.4 Å². The second-order valence-electron chi connectivity index (χ2n) is 4.94. The van der Waals surface area contributed by atoms with Crippen LogP contribution in [-0.2, 0) is 20.6 Å². The molecule has 0 unspecified atom stereocenters. The molecule has 0 amide bonds. The first-order valence-corrected chi connectivity index (χ1v) is 7.70. The Labute approximate surface area is 128 Å². The Morgan fingerprint density at radius 3 is 2.65 bits per heavy atom. The van der Waals surface area contributed by atoms with Crippen LogP contribution in [0.5, 0.6) is 0 Å². The van der Waals surface area contributed by atoms with Gasteiger partial charge in [-0.15, -0.1) is 0 Å². The first-order valence-electron chi connectivity index (χ1n) is 6.91. The number of halogens is 1. The first-order chi connectivity index (χ1) is 9.72. The second-order valence-corrected chi connectivity index (χ2v) is 5.85. The number of hydrogen-bond donors (Lipinski definition) is 1. The van der Waals surface area contributed by atoms with Gasteiger partial charge in [0.05, 0.1) is 0 Å². The van der Waals surface area contributed by atoms with E-state index in [0.29, 0.717) is 6.04 Å². The minimum absolute atomic E-state index is 0.223. The summed E-state index contributed by atoms with van der Waals surface area (Å²) < 4.78 is 17.1. The van der Waals surface area contributed by atoms with Gasteiger partial charge < -0.3 is 19.5 Å². The minimum atomic E-state index is -0.223. The Bertz CT molecular complexity index is 418. The Hall–Kier alpha value is -0.620. The minimum Gasteiger partial charge on any atom is -0.382 e. The van der Waals surface area contributed by atoms with Gasteiger partial charge in [0.2, 0.25) is 0 Å². The fraction of sp³-hybridized carbons (Fsp3) is 0.600. The van der Waals surface area contributed by atoms with Crippen molar-refractivity contribution in [3.63, 3.8) is 0 Å². The van der Waals surface area contributed by atoms with Crippen molar-refractivity contribution in [1.82, 2.24) is 0 Å². The van der Waals surface area contributed by atoms with Crippen LogP contribution in [0.2, 0.25) is 0 Å². The maximum absolute atomic E-state index is 5.40. The van der Waals surface area contributed by atoms with E-state index in [1.807, 2.05) is 0 Å². The Balaban J connectivity index is 2.09. The summed E-state index contributed by atoms with van der Waals surface area (Å²) in [5, 5.41) is 3.62. The van der Waals surface area contributed by atoms with Crippen molar-refractivity contribution in [3.8, 4) is 0 Å². The largest absolute Gasteiger partial charge is 0.382 e. The molecule has 0 radical (unpaired) electrons. The van der Waals surface area contributed by atoms with Crippen molar-refractivity contribution < 1.29 is 14.2 Å². The molecule has 0 aromatic heterocycles. The third kappa shape index (κ3) is 4.45. The summed E-state index contributed by atoms with van der Waals surface area (Å²) in [4.78, 5) is 0. The fourth-order valence-electron chi connectivity index (χ4n) is 2.38. The molecule has 1 heterocycles. The van der Waals surface area contributed by atoms with Gasteiger partial charge in [0.15, 0.2) is 6.29 Å². The molecule has 4 nitrogen and oxygen atoms in total. The maximum Gasteiger partial charge on any atom is 0.160 e. The molecule has 1 aromatic rings. The van der Waals surface area contributed by atoms with Gasteiger partial charge in [-0.05, 0) is 36.6 Å². The number of hydrogen-bond acceptors (Lipinski definition) is 4. The van der Waals surface area contributed by atoms with Gasteiger partial charge in [0.1, 0.15) is 0 Å². The van der Waals surface area contributed by atoms with E-state index in [-0.39, 0.29) is 6.29 Å². The average Bonchev–Trinajstić information content (AvgIpc) is 2.48. The summed E-state index contributed by atoms with van der Waals surface area (Å²) in [6.45, 7) is 1.67. The number of nitrogens with one attached hydrogen (secondary N) is 1.